The van der Waals surface area contributed by atoms with Crippen LogP contribution in [0.1, 0.15) is 31.4 Å². The van der Waals surface area contributed by atoms with E-state index >= 15 is 0 Å². The molecule has 108 valence electrons. The van der Waals surface area contributed by atoms with E-state index in [0.29, 0.717) is 18.1 Å². The van der Waals surface area contributed by atoms with Crippen LogP contribution in [0.15, 0.2) is 12.1 Å². The van der Waals surface area contributed by atoms with Crippen molar-refractivity contribution in [3.8, 4) is 5.75 Å². The molecule has 3 N–H and O–H groups in total. The summed E-state index contributed by atoms with van der Waals surface area (Å²) in [6, 6.07) is 3.82. The van der Waals surface area contributed by atoms with Gasteiger partial charge in [0, 0.05) is 12.6 Å². The first-order valence-corrected chi connectivity index (χ1v) is 7.06. The minimum Gasteiger partial charge on any atom is -0.480 e. The lowest BCUT2D eigenvalue weighted by molar-refractivity contribution is -0.118. The van der Waals surface area contributed by atoms with E-state index in [1.165, 1.54) is 0 Å². The van der Waals surface area contributed by atoms with Gasteiger partial charge in [-0.2, -0.15) is 0 Å². The molecule has 2 atom stereocenters. The van der Waals surface area contributed by atoms with Gasteiger partial charge in [-0.1, -0.05) is 12.8 Å². The number of anilines is 1. The van der Waals surface area contributed by atoms with Crippen molar-refractivity contribution in [3.05, 3.63) is 17.8 Å². The highest BCUT2D eigenvalue weighted by atomic mass is 16.5. The Morgan fingerprint density at radius 1 is 1.40 bits per heavy atom. The SMILES string of the molecule is O=C1COc2ccc(CN[C@@H]3CCCC[C@@H]3O)nc2N1. The molecule has 6 heteroatoms. The van der Waals surface area contributed by atoms with E-state index in [-0.39, 0.29) is 24.7 Å². The summed E-state index contributed by atoms with van der Waals surface area (Å²) < 4.78 is 5.27. The van der Waals surface area contributed by atoms with Crippen molar-refractivity contribution in [2.75, 3.05) is 11.9 Å². The Morgan fingerprint density at radius 2 is 2.25 bits per heavy atom. The zero-order valence-electron chi connectivity index (χ0n) is 11.3. The molecule has 0 saturated heterocycles. The maximum atomic E-state index is 11.3. The highest BCUT2D eigenvalue weighted by molar-refractivity contribution is 5.94. The minimum atomic E-state index is -0.274. The van der Waals surface area contributed by atoms with Crippen LogP contribution >= 0.6 is 0 Å². The van der Waals surface area contributed by atoms with Crippen molar-refractivity contribution in [2.24, 2.45) is 0 Å². The van der Waals surface area contributed by atoms with Crippen LogP contribution in [-0.2, 0) is 11.3 Å². The van der Waals surface area contributed by atoms with Gasteiger partial charge in [0.2, 0.25) is 0 Å². The summed E-state index contributed by atoms with van der Waals surface area (Å²) in [6.07, 6.45) is 3.82. The fourth-order valence-corrected chi connectivity index (χ4v) is 2.69. The van der Waals surface area contributed by atoms with Crippen LogP contribution in [0.4, 0.5) is 5.82 Å². The molecule has 1 aromatic heterocycles. The van der Waals surface area contributed by atoms with Crippen LogP contribution < -0.4 is 15.4 Å². The maximum absolute atomic E-state index is 11.3. The van der Waals surface area contributed by atoms with Gasteiger partial charge >= 0.3 is 0 Å². The molecule has 2 heterocycles. The standard InChI is InChI=1S/C14H19N3O3/c18-11-4-2-1-3-10(11)15-7-9-5-6-12-14(16-9)17-13(19)8-20-12/h5-6,10-11,15,18H,1-4,7-8H2,(H,16,17,19)/t10-,11+/m1/s1. The fourth-order valence-electron chi connectivity index (χ4n) is 2.69. The number of aromatic nitrogens is 1. The Morgan fingerprint density at radius 3 is 3.10 bits per heavy atom. The van der Waals surface area contributed by atoms with Crippen LogP contribution in [0, 0.1) is 0 Å². The summed E-state index contributed by atoms with van der Waals surface area (Å²) in [4.78, 5) is 15.6. The summed E-state index contributed by atoms with van der Waals surface area (Å²) in [5.41, 5.74) is 0.826. The van der Waals surface area contributed by atoms with Gasteiger partial charge in [0.15, 0.2) is 18.2 Å². The average molecular weight is 277 g/mol. The molecule has 20 heavy (non-hydrogen) atoms. The molecule has 0 radical (unpaired) electrons. The lowest BCUT2D eigenvalue weighted by Crippen LogP contribution is -2.41. The number of nitrogens with zero attached hydrogens (tertiary/aromatic N) is 1. The van der Waals surface area contributed by atoms with Crippen LogP contribution in [0.5, 0.6) is 5.75 Å². The molecule has 0 bridgehead atoms. The van der Waals surface area contributed by atoms with Crippen LogP contribution in [0.25, 0.3) is 0 Å². The number of aliphatic hydroxyl groups is 1. The van der Waals surface area contributed by atoms with Gasteiger partial charge in [-0.25, -0.2) is 4.98 Å². The molecule has 1 aromatic rings. The lowest BCUT2D eigenvalue weighted by atomic mass is 9.92. The average Bonchev–Trinajstić information content (AvgIpc) is 2.46. The molecule has 2 aliphatic rings. The van der Waals surface area contributed by atoms with Gasteiger partial charge in [0.1, 0.15) is 0 Å². The molecule has 0 spiro atoms. The number of hydrogen-bond acceptors (Lipinski definition) is 5. The summed E-state index contributed by atoms with van der Waals surface area (Å²) in [5.74, 6) is 0.897. The number of pyridine rings is 1. The first kappa shape index (κ1) is 13.3. The second-order valence-corrected chi connectivity index (χ2v) is 5.33. The lowest BCUT2D eigenvalue weighted by Gasteiger charge is -2.28. The van der Waals surface area contributed by atoms with E-state index in [2.05, 4.69) is 15.6 Å². The monoisotopic (exact) mass is 277 g/mol. The molecule has 1 aliphatic carbocycles. The number of amides is 1. The Hall–Kier alpha value is -1.66. The summed E-state index contributed by atoms with van der Waals surface area (Å²) >= 11 is 0. The highest BCUT2D eigenvalue weighted by Gasteiger charge is 2.23. The number of carbonyl (C=O) groups is 1. The van der Waals surface area contributed by atoms with Crippen molar-refractivity contribution in [1.82, 2.24) is 10.3 Å². The van der Waals surface area contributed by atoms with Crippen molar-refractivity contribution in [2.45, 2.75) is 44.4 Å². The van der Waals surface area contributed by atoms with Gasteiger partial charge in [-0.05, 0) is 25.0 Å². The van der Waals surface area contributed by atoms with Crippen molar-refractivity contribution in [1.29, 1.82) is 0 Å². The predicted octanol–water partition coefficient (Wildman–Crippen LogP) is 0.806. The third kappa shape index (κ3) is 2.91. The zero-order valence-corrected chi connectivity index (χ0v) is 11.3. The number of ether oxygens (including phenoxy) is 1. The molecule has 0 aromatic carbocycles. The molecule has 1 saturated carbocycles. The molecule has 1 aliphatic heterocycles. The molecule has 0 unspecified atom stereocenters. The van der Waals surface area contributed by atoms with Gasteiger partial charge in [0.05, 0.1) is 11.8 Å². The zero-order chi connectivity index (χ0) is 13.9. The third-order valence-corrected chi connectivity index (χ3v) is 3.81. The highest BCUT2D eigenvalue weighted by Crippen LogP contribution is 2.25. The Labute approximate surface area is 117 Å². The maximum Gasteiger partial charge on any atom is 0.263 e. The van der Waals surface area contributed by atoms with Gasteiger partial charge in [-0.3, -0.25) is 4.79 Å². The quantitative estimate of drug-likeness (QED) is 0.761. The fraction of sp³-hybridized carbons (Fsp3) is 0.571. The smallest absolute Gasteiger partial charge is 0.263 e. The molecule has 3 rings (SSSR count). The number of rotatable bonds is 3. The van der Waals surface area contributed by atoms with Crippen LogP contribution in [-0.4, -0.2) is 34.8 Å². The molecular formula is C14H19N3O3. The predicted molar refractivity (Wildman–Crippen MR) is 73.5 cm³/mol. The third-order valence-electron chi connectivity index (χ3n) is 3.81. The summed E-state index contributed by atoms with van der Waals surface area (Å²) in [7, 11) is 0. The second-order valence-electron chi connectivity index (χ2n) is 5.33. The van der Waals surface area contributed by atoms with Crippen molar-refractivity contribution in [3.63, 3.8) is 0 Å². The second kappa shape index (κ2) is 5.76. The topological polar surface area (TPSA) is 83.5 Å². The van der Waals surface area contributed by atoms with Crippen molar-refractivity contribution >= 4 is 11.7 Å². The van der Waals surface area contributed by atoms with E-state index in [1.54, 1.807) is 0 Å². The Kier molecular flexibility index (Phi) is 3.84. The molecule has 1 fully saturated rings. The number of nitrogens with one attached hydrogen (secondary N) is 2. The largest absolute Gasteiger partial charge is 0.480 e. The minimum absolute atomic E-state index is 0.0422. The number of carbonyl (C=O) groups excluding carboxylic acids is 1. The van der Waals surface area contributed by atoms with E-state index in [0.717, 1.165) is 31.4 Å². The van der Waals surface area contributed by atoms with E-state index < -0.39 is 0 Å². The van der Waals surface area contributed by atoms with Gasteiger partial charge in [-0.15, -0.1) is 0 Å². The number of fused-ring (bicyclic) bond motifs is 1. The summed E-state index contributed by atoms with van der Waals surface area (Å²) in [6.45, 7) is 0.616. The first-order valence-electron chi connectivity index (χ1n) is 7.06. The van der Waals surface area contributed by atoms with Gasteiger partial charge in [0.25, 0.3) is 5.91 Å². The summed E-state index contributed by atoms with van der Waals surface area (Å²) in [5, 5.41) is 15.9. The molecule has 1 amide bonds. The van der Waals surface area contributed by atoms with Crippen LogP contribution in [0.3, 0.4) is 0 Å². The van der Waals surface area contributed by atoms with E-state index in [9.17, 15) is 9.90 Å². The van der Waals surface area contributed by atoms with Crippen molar-refractivity contribution < 1.29 is 14.6 Å². The number of hydrogen-bond donors (Lipinski definition) is 3. The molecular weight excluding hydrogens is 258 g/mol. The molecule has 6 nitrogen and oxygen atoms in total. The Balaban J connectivity index is 1.63. The van der Waals surface area contributed by atoms with Gasteiger partial charge < -0.3 is 20.5 Å². The number of aliphatic hydroxyl groups excluding tert-OH is 1. The van der Waals surface area contributed by atoms with Crippen LogP contribution in [0.2, 0.25) is 0 Å². The Bertz CT molecular complexity index is 506. The van der Waals surface area contributed by atoms with E-state index in [4.69, 9.17) is 4.74 Å². The van der Waals surface area contributed by atoms with E-state index in [1.807, 2.05) is 12.1 Å². The normalized spacial score (nSPS) is 25.6. The first-order chi connectivity index (χ1) is 9.72.